The van der Waals surface area contributed by atoms with Crippen molar-refractivity contribution in [3.8, 4) is 0 Å². The molecule has 20 heavy (non-hydrogen) atoms. The van der Waals surface area contributed by atoms with E-state index in [1.165, 1.54) is 11.8 Å². The first-order chi connectivity index (χ1) is 9.62. The molecule has 1 aromatic rings. The fourth-order valence-corrected chi connectivity index (χ4v) is 2.65. The molecule has 0 heterocycles. The third kappa shape index (κ3) is 5.15. The summed E-state index contributed by atoms with van der Waals surface area (Å²) >= 11 is 7.04. The summed E-state index contributed by atoms with van der Waals surface area (Å²) in [7, 11) is 0. The summed E-state index contributed by atoms with van der Waals surface area (Å²) in [6.45, 7) is 6.97. The maximum Gasteiger partial charge on any atom is 0.221 e. The van der Waals surface area contributed by atoms with Crippen LogP contribution in [0.3, 0.4) is 0 Å². The maximum absolute atomic E-state index is 12.1. The van der Waals surface area contributed by atoms with E-state index in [1.807, 2.05) is 0 Å². The summed E-state index contributed by atoms with van der Waals surface area (Å²) in [5, 5.41) is 12.8. The van der Waals surface area contributed by atoms with E-state index >= 15 is 0 Å². The number of oxime groups is 1. The summed E-state index contributed by atoms with van der Waals surface area (Å²) in [4.78, 5) is 14.4. The van der Waals surface area contributed by atoms with Crippen molar-refractivity contribution in [2.24, 2.45) is 5.16 Å². The summed E-state index contributed by atoms with van der Waals surface area (Å²) in [5.74, 6) is 0.425. The molecule has 6 heteroatoms. The van der Waals surface area contributed by atoms with Gasteiger partial charge >= 0.3 is 0 Å². The third-order valence-electron chi connectivity index (χ3n) is 2.93. The highest BCUT2D eigenvalue weighted by Gasteiger charge is 2.15. The molecule has 0 bridgehead atoms. The summed E-state index contributed by atoms with van der Waals surface area (Å²) < 4.78 is 0. The number of benzene rings is 1. The van der Waals surface area contributed by atoms with Crippen molar-refractivity contribution in [1.29, 1.82) is 0 Å². The number of rotatable bonds is 7. The van der Waals surface area contributed by atoms with Crippen molar-refractivity contribution in [3.05, 3.63) is 34.9 Å². The van der Waals surface area contributed by atoms with Crippen LogP contribution in [0.5, 0.6) is 0 Å². The van der Waals surface area contributed by atoms with Gasteiger partial charge in [0, 0.05) is 22.9 Å². The SMILES string of the molecule is CCN(CC)CCS/C(=N\O)C(=O)c1ccc(Cl)cc1. The Kier molecular flexibility index (Phi) is 7.65. The highest BCUT2D eigenvalue weighted by Crippen LogP contribution is 2.14. The second-order valence-electron chi connectivity index (χ2n) is 4.12. The van der Waals surface area contributed by atoms with Gasteiger partial charge in [-0.2, -0.15) is 0 Å². The lowest BCUT2D eigenvalue weighted by Crippen LogP contribution is -2.26. The van der Waals surface area contributed by atoms with Gasteiger partial charge in [-0.1, -0.05) is 42.4 Å². The molecule has 0 unspecified atom stereocenters. The van der Waals surface area contributed by atoms with Gasteiger partial charge in [-0.3, -0.25) is 4.79 Å². The van der Waals surface area contributed by atoms with Gasteiger partial charge in [0.15, 0.2) is 5.04 Å². The Bertz CT molecular complexity index is 459. The first kappa shape index (κ1) is 17.0. The van der Waals surface area contributed by atoms with Crippen molar-refractivity contribution in [1.82, 2.24) is 4.90 Å². The van der Waals surface area contributed by atoms with Crippen LogP contribution in [0, 0.1) is 0 Å². The first-order valence-electron chi connectivity index (χ1n) is 6.49. The fraction of sp³-hybridized carbons (Fsp3) is 0.429. The van der Waals surface area contributed by atoms with Crippen LogP contribution in [0.2, 0.25) is 5.02 Å². The number of carbonyl (C=O) groups is 1. The molecule has 0 aromatic heterocycles. The number of carbonyl (C=O) groups excluding carboxylic acids is 1. The standard InChI is InChI=1S/C14H19ClN2O2S/c1-3-17(4-2)9-10-20-14(16-19)13(18)11-5-7-12(15)8-6-11/h5-8,19H,3-4,9-10H2,1-2H3/b16-14-. The average Bonchev–Trinajstić information content (AvgIpc) is 2.48. The molecule has 1 aromatic carbocycles. The van der Waals surface area contributed by atoms with Gasteiger partial charge in [-0.15, -0.1) is 0 Å². The zero-order valence-electron chi connectivity index (χ0n) is 11.7. The van der Waals surface area contributed by atoms with Crippen molar-refractivity contribution in [3.63, 3.8) is 0 Å². The molecule has 1 N–H and O–H groups in total. The van der Waals surface area contributed by atoms with E-state index in [9.17, 15) is 4.79 Å². The van der Waals surface area contributed by atoms with Crippen LogP contribution in [0.4, 0.5) is 0 Å². The van der Waals surface area contributed by atoms with E-state index in [-0.39, 0.29) is 10.8 Å². The Balaban J connectivity index is 2.58. The lowest BCUT2D eigenvalue weighted by Gasteiger charge is -2.17. The molecule has 0 radical (unpaired) electrons. The van der Waals surface area contributed by atoms with Gasteiger partial charge in [0.25, 0.3) is 0 Å². The molecule has 4 nitrogen and oxygen atoms in total. The molecule has 0 fully saturated rings. The Hall–Kier alpha value is -1.04. The normalized spacial score (nSPS) is 11.9. The van der Waals surface area contributed by atoms with Crippen LogP contribution >= 0.6 is 23.4 Å². The van der Waals surface area contributed by atoms with Crippen molar-refractivity contribution in [2.75, 3.05) is 25.4 Å². The monoisotopic (exact) mass is 314 g/mol. The highest BCUT2D eigenvalue weighted by atomic mass is 35.5. The number of Topliss-reactive ketones (excluding diaryl/α,β-unsaturated/α-hetero) is 1. The summed E-state index contributed by atoms with van der Waals surface area (Å²) in [5.41, 5.74) is 0.470. The molecule has 0 aliphatic heterocycles. The van der Waals surface area contributed by atoms with Gasteiger partial charge in [-0.05, 0) is 37.4 Å². The largest absolute Gasteiger partial charge is 0.410 e. The van der Waals surface area contributed by atoms with Crippen LogP contribution in [0.25, 0.3) is 0 Å². The minimum atomic E-state index is -0.284. The summed E-state index contributed by atoms with van der Waals surface area (Å²) in [6, 6.07) is 6.54. The number of nitrogens with zero attached hydrogens (tertiary/aromatic N) is 2. The predicted octanol–water partition coefficient (Wildman–Crippen LogP) is 3.39. The quantitative estimate of drug-likeness (QED) is 0.275. The van der Waals surface area contributed by atoms with E-state index in [2.05, 4.69) is 23.9 Å². The highest BCUT2D eigenvalue weighted by molar-refractivity contribution is 8.15. The second-order valence-corrected chi connectivity index (χ2v) is 5.64. The van der Waals surface area contributed by atoms with Gasteiger partial charge in [-0.25, -0.2) is 0 Å². The van der Waals surface area contributed by atoms with Crippen LogP contribution in [0.15, 0.2) is 29.4 Å². The van der Waals surface area contributed by atoms with Gasteiger partial charge in [0.05, 0.1) is 0 Å². The number of halogens is 1. The fourth-order valence-electron chi connectivity index (χ4n) is 1.68. The molecule has 0 saturated carbocycles. The zero-order chi connectivity index (χ0) is 15.0. The number of thioether (sulfide) groups is 1. The van der Waals surface area contributed by atoms with Crippen molar-refractivity contribution in [2.45, 2.75) is 13.8 Å². The molecule has 110 valence electrons. The first-order valence-corrected chi connectivity index (χ1v) is 7.86. The molecule has 0 amide bonds. The maximum atomic E-state index is 12.1. The molecule has 0 aliphatic carbocycles. The van der Waals surface area contributed by atoms with E-state index in [0.29, 0.717) is 16.3 Å². The number of hydrogen-bond acceptors (Lipinski definition) is 5. The zero-order valence-corrected chi connectivity index (χ0v) is 13.2. The summed E-state index contributed by atoms with van der Waals surface area (Å²) in [6.07, 6.45) is 0. The predicted molar refractivity (Wildman–Crippen MR) is 85.3 cm³/mol. The van der Waals surface area contributed by atoms with Crippen LogP contribution in [-0.4, -0.2) is 46.3 Å². The molecule has 0 saturated heterocycles. The minimum absolute atomic E-state index is 0.111. The average molecular weight is 315 g/mol. The lowest BCUT2D eigenvalue weighted by atomic mass is 10.1. The van der Waals surface area contributed by atoms with Crippen LogP contribution in [-0.2, 0) is 0 Å². The minimum Gasteiger partial charge on any atom is -0.410 e. The Morgan fingerprint density at radius 2 is 1.90 bits per heavy atom. The van der Waals surface area contributed by atoms with Crippen molar-refractivity contribution >= 4 is 34.2 Å². The third-order valence-corrected chi connectivity index (χ3v) is 4.11. The Labute approximate surface area is 128 Å². The van der Waals surface area contributed by atoms with E-state index < -0.39 is 0 Å². The van der Waals surface area contributed by atoms with E-state index in [4.69, 9.17) is 16.8 Å². The number of hydrogen-bond donors (Lipinski definition) is 1. The van der Waals surface area contributed by atoms with E-state index in [1.54, 1.807) is 24.3 Å². The van der Waals surface area contributed by atoms with Crippen molar-refractivity contribution < 1.29 is 10.0 Å². The topological polar surface area (TPSA) is 52.9 Å². The second kappa shape index (κ2) is 9.00. The molecule has 1 rings (SSSR count). The molecule has 0 aliphatic rings. The molecule has 0 spiro atoms. The van der Waals surface area contributed by atoms with Crippen LogP contribution in [0.1, 0.15) is 24.2 Å². The molecular weight excluding hydrogens is 296 g/mol. The van der Waals surface area contributed by atoms with Gasteiger partial charge in [0.1, 0.15) is 0 Å². The Morgan fingerprint density at radius 3 is 2.40 bits per heavy atom. The Morgan fingerprint density at radius 1 is 1.30 bits per heavy atom. The number of ketones is 1. The lowest BCUT2D eigenvalue weighted by molar-refractivity contribution is 0.106. The van der Waals surface area contributed by atoms with Gasteiger partial charge < -0.3 is 10.1 Å². The molecular formula is C14H19ClN2O2S. The van der Waals surface area contributed by atoms with Crippen LogP contribution < -0.4 is 0 Å². The smallest absolute Gasteiger partial charge is 0.221 e. The van der Waals surface area contributed by atoms with E-state index in [0.717, 1.165) is 19.6 Å². The van der Waals surface area contributed by atoms with Gasteiger partial charge in [0.2, 0.25) is 5.78 Å². The molecule has 0 atom stereocenters.